The highest BCUT2D eigenvalue weighted by atomic mass is 79.9. The summed E-state index contributed by atoms with van der Waals surface area (Å²) >= 11 is 3.31. The first kappa shape index (κ1) is 19.6. The van der Waals surface area contributed by atoms with Gasteiger partial charge in [0.15, 0.2) is 11.5 Å². The molecule has 2 aromatic rings. The Balaban J connectivity index is 1.58. The molecular weight excluding hydrogens is 456 g/mol. The van der Waals surface area contributed by atoms with Gasteiger partial charge in [-0.2, -0.15) is 0 Å². The molecule has 0 amide bonds. The van der Waals surface area contributed by atoms with Crippen LogP contribution >= 0.6 is 15.9 Å². The van der Waals surface area contributed by atoms with Crippen molar-refractivity contribution in [3.8, 4) is 11.5 Å². The van der Waals surface area contributed by atoms with Crippen LogP contribution in [0, 0.1) is 11.8 Å². The second-order valence-electron chi connectivity index (χ2n) is 7.80. The third-order valence-electron chi connectivity index (χ3n) is 6.39. The smallest absolute Gasteiger partial charge is 0.323 e. The average Bonchev–Trinajstić information content (AvgIpc) is 3.43. The van der Waals surface area contributed by atoms with Crippen LogP contribution in [0.25, 0.3) is 0 Å². The van der Waals surface area contributed by atoms with E-state index < -0.39 is 6.04 Å². The molecule has 0 spiro atoms. The minimum absolute atomic E-state index is 0.0740. The third-order valence-corrected chi connectivity index (χ3v) is 6.99. The summed E-state index contributed by atoms with van der Waals surface area (Å²) in [6.07, 6.45) is 0. The van der Waals surface area contributed by atoms with Crippen molar-refractivity contribution in [2.75, 3.05) is 20.5 Å². The molecule has 1 saturated heterocycles. The van der Waals surface area contributed by atoms with Crippen LogP contribution in [0.5, 0.6) is 11.5 Å². The average molecular weight is 477 g/mol. The molecule has 4 heterocycles. The number of aliphatic hydroxyl groups excluding tert-OH is 1. The highest BCUT2D eigenvalue weighted by Crippen LogP contribution is 2.50. The van der Waals surface area contributed by atoms with Gasteiger partial charge in [-0.15, -0.1) is 0 Å². The van der Waals surface area contributed by atoms with Crippen LogP contribution in [0.15, 0.2) is 39.6 Å². The van der Waals surface area contributed by atoms with Gasteiger partial charge in [-0.25, -0.2) is 0 Å². The molecule has 0 unspecified atom stereocenters. The Bertz CT molecular complexity index is 1070. The Labute approximate surface area is 181 Å². The minimum Gasteiger partial charge on any atom is -0.468 e. The van der Waals surface area contributed by atoms with Gasteiger partial charge < -0.3 is 23.9 Å². The number of fused-ring (bicyclic) bond motifs is 4. The summed E-state index contributed by atoms with van der Waals surface area (Å²) in [5.74, 6) is 0.571. The van der Waals surface area contributed by atoms with E-state index in [0.29, 0.717) is 29.1 Å². The first-order chi connectivity index (χ1) is 14.5. The fraction of sp³-hybridized carbons (Fsp3) is 0.429. The van der Waals surface area contributed by atoms with Crippen LogP contribution in [0.4, 0.5) is 0 Å². The van der Waals surface area contributed by atoms with Crippen LogP contribution in [-0.2, 0) is 22.6 Å². The predicted octanol–water partition coefficient (Wildman–Crippen LogP) is 1.68. The van der Waals surface area contributed by atoms with Gasteiger partial charge in [0.2, 0.25) is 6.79 Å². The summed E-state index contributed by atoms with van der Waals surface area (Å²) in [4.78, 5) is 27.4. The maximum Gasteiger partial charge on any atom is 0.323 e. The van der Waals surface area contributed by atoms with E-state index in [2.05, 4.69) is 15.9 Å². The highest BCUT2D eigenvalue weighted by molar-refractivity contribution is 9.10. The van der Waals surface area contributed by atoms with Gasteiger partial charge in [0, 0.05) is 37.2 Å². The Morgan fingerprint density at radius 3 is 2.83 bits per heavy atom. The van der Waals surface area contributed by atoms with E-state index in [1.165, 1.54) is 7.11 Å². The number of methoxy groups -OCH3 is 1. The number of carbonyl (C=O) groups is 1. The zero-order valence-corrected chi connectivity index (χ0v) is 17.9. The number of pyridine rings is 1. The zero-order valence-electron chi connectivity index (χ0n) is 16.3. The molecule has 30 heavy (non-hydrogen) atoms. The molecule has 4 atom stereocenters. The molecule has 1 aromatic heterocycles. The summed E-state index contributed by atoms with van der Waals surface area (Å²) < 4.78 is 18.2. The summed E-state index contributed by atoms with van der Waals surface area (Å²) in [7, 11) is 1.36. The van der Waals surface area contributed by atoms with Crippen LogP contribution in [0.2, 0.25) is 0 Å². The number of aliphatic hydroxyl groups is 1. The van der Waals surface area contributed by atoms with E-state index in [1.807, 2.05) is 29.2 Å². The van der Waals surface area contributed by atoms with Gasteiger partial charge >= 0.3 is 5.97 Å². The minimum atomic E-state index is -0.604. The zero-order chi connectivity index (χ0) is 21.0. The quantitative estimate of drug-likeness (QED) is 0.671. The molecule has 5 rings (SSSR count). The van der Waals surface area contributed by atoms with E-state index >= 15 is 0 Å². The third kappa shape index (κ3) is 2.87. The molecule has 1 aromatic carbocycles. The summed E-state index contributed by atoms with van der Waals surface area (Å²) in [6.45, 7) is 0.922. The van der Waals surface area contributed by atoms with Crippen molar-refractivity contribution in [2.45, 2.75) is 25.2 Å². The van der Waals surface area contributed by atoms with Crippen molar-refractivity contribution in [3.05, 3.63) is 56.4 Å². The number of hydrogen-bond acceptors (Lipinski definition) is 7. The van der Waals surface area contributed by atoms with E-state index in [-0.39, 0.29) is 42.8 Å². The molecule has 8 nitrogen and oxygen atoms in total. The molecule has 0 radical (unpaired) electrons. The highest BCUT2D eigenvalue weighted by Gasteiger charge is 2.56. The number of carbonyl (C=O) groups excluding carboxylic acids is 1. The van der Waals surface area contributed by atoms with Crippen molar-refractivity contribution in [2.24, 2.45) is 11.8 Å². The lowest BCUT2D eigenvalue weighted by Crippen LogP contribution is -2.43. The number of benzene rings is 1. The predicted molar refractivity (Wildman–Crippen MR) is 109 cm³/mol. The Morgan fingerprint density at radius 2 is 2.07 bits per heavy atom. The van der Waals surface area contributed by atoms with E-state index in [0.717, 1.165) is 11.3 Å². The number of ether oxygens (including phenoxy) is 3. The summed E-state index contributed by atoms with van der Waals surface area (Å²) in [6, 6.07) is 8.57. The largest absolute Gasteiger partial charge is 0.468 e. The lowest BCUT2D eigenvalue weighted by Gasteiger charge is -2.29. The number of hydrogen-bond donors (Lipinski definition) is 1. The molecule has 0 saturated carbocycles. The molecule has 3 aliphatic heterocycles. The lowest BCUT2D eigenvalue weighted by atomic mass is 9.88. The molecule has 1 fully saturated rings. The Morgan fingerprint density at radius 1 is 1.27 bits per heavy atom. The van der Waals surface area contributed by atoms with Gasteiger partial charge in [-0.05, 0) is 45.8 Å². The summed E-state index contributed by atoms with van der Waals surface area (Å²) in [5, 5.41) is 10.2. The number of halogens is 1. The number of rotatable bonds is 4. The molecule has 0 aliphatic carbocycles. The van der Waals surface area contributed by atoms with Crippen molar-refractivity contribution in [1.82, 2.24) is 9.47 Å². The van der Waals surface area contributed by atoms with E-state index in [9.17, 15) is 14.7 Å². The second-order valence-corrected chi connectivity index (χ2v) is 8.66. The second kappa shape index (κ2) is 7.40. The van der Waals surface area contributed by atoms with Crippen LogP contribution in [-0.4, -0.2) is 47.1 Å². The Hall–Kier alpha value is -2.36. The number of nitrogens with zero attached hydrogens (tertiary/aromatic N) is 2. The van der Waals surface area contributed by atoms with Crippen molar-refractivity contribution < 1.29 is 24.1 Å². The van der Waals surface area contributed by atoms with Crippen LogP contribution in [0.1, 0.15) is 17.3 Å². The maximum absolute atomic E-state index is 12.7. The van der Waals surface area contributed by atoms with Crippen molar-refractivity contribution >= 4 is 21.9 Å². The Kier molecular flexibility index (Phi) is 4.83. The topological polar surface area (TPSA) is 90.2 Å². The van der Waals surface area contributed by atoms with E-state index in [4.69, 9.17) is 14.2 Å². The maximum atomic E-state index is 12.7. The van der Waals surface area contributed by atoms with Gasteiger partial charge in [-0.1, -0.05) is 6.07 Å². The SMILES string of the molecule is COC(=O)[C@H]1[C@H](CO)[C@H]2Cn3c(ccc(Br)c3=O)[C@H]2N1Cc1ccc2c(c1)OCO2. The van der Waals surface area contributed by atoms with Gasteiger partial charge in [0.1, 0.15) is 6.04 Å². The summed E-state index contributed by atoms with van der Waals surface area (Å²) in [5.41, 5.74) is 1.69. The van der Waals surface area contributed by atoms with Crippen LogP contribution in [0.3, 0.4) is 0 Å². The van der Waals surface area contributed by atoms with E-state index in [1.54, 1.807) is 10.6 Å². The lowest BCUT2D eigenvalue weighted by molar-refractivity contribution is -0.148. The molecule has 1 N–H and O–H groups in total. The van der Waals surface area contributed by atoms with Gasteiger partial charge in [-0.3, -0.25) is 14.5 Å². The van der Waals surface area contributed by atoms with Crippen molar-refractivity contribution in [3.63, 3.8) is 0 Å². The fourth-order valence-electron chi connectivity index (χ4n) is 5.09. The molecule has 158 valence electrons. The first-order valence-electron chi connectivity index (χ1n) is 9.75. The standard InChI is InChI=1S/C21H21BrN2O6/c1-28-21(27)19-13(9-25)12-8-23-15(4-3-14(22)20(23)26)18(12)24(19)7-11-2-5-16-17(6-11)30-10-29-16/h2-6,12-13,18-19,25H,7-10H2,1H3/t12-,13-,18+,19-/m1/s1. The molecular formula is C21H21BrN2O6. The monoisotopic (exact) mass is 476 g/mol. The number of esters is 1. The van der Waals surface area contributed by atoms with Gasteiger partial charge in [0.05, 0.1) is 17.6 Å². The van der Waals surface area contributed by atoms with Gasteiger partial charge in [0.25, 0.3) is 5.56 Å². The first-order valence-corrected chi connectivity index (χ1v) is 10.5. The molecule has 0 bridgehead atoms. The fourth-order valence-corrected chi connectivity index (χ4v) is 5.44. The molecule has 3 aliphatic rings. The van der Waals surface area contributed by atoms with Crippen molar-refractivity contribution in [1.29, 1.82) is 0 Å². The number of likely N-dealkylation sites (tertiary alicyclic amines) is 1. The normalized spacial score (nSPS) is 26.5. The number of aromatic nitrogens is 1. The molecule has 9 heteroatoms. The van der Waals surface area contributed by atoms with Crippen LogP contribution < -0.4 is 15.0 Å².